The van der Waals surface area contributed by atoms with Crippen molar-refractivity contribution in [2.45, 2.75) is 17.9 Å². The van der Waals surface area contributed by atoms with Gasteiger partial charge in [-0.3, -0.25) is 14.3 Å². The molecule has 4 heterocycles. The highest BCUT2D eigenvalue weighted by molar-refractivity contribution is 6.08. The molecule has 1 spiro atoms. The molecule has 0 bridgehead atoms. The minimum Gasteiger partial charge on any atom is -0.363 e. The Labute approximate surface area is 180 Å². The maximum atomic E-state index is 13.6. The second-order valence-corrected chi connectivity index (χ2v) is 8.37. The molecule has 5 rings (SSSR count). The van der Waals surface area contributed by atoms with Crippen LogP contribution in [-0.4, -0.2) is 52.1 Å². The first-order chi connectivity index (χ1) is 14.9. The molecular formula is C23H24N6O2. The van der Waals surface area contributed by atoms with Crippen molar-refractivity contribution in [2.24, 2.45) is 7.05 Å². The number of carbonyl (C=O) groups is 2. The normalized spacial score (nSPS) is 22.0. The summed E-state index contributed by atoms with van der Waals surface area (Å²) in [5.41, 5.74) is 2.26. The van der Waals surface area contributed by atoms with E-state index in [9.17, 15) is 9.59 Å². The van der Waals surface area contributed by atoms with E-state index in [2.05, 4.69) is 15.4 Å². The summed E-state index contributed by atoms with van der Waals surface area (Å²) in [4.78, 5) is 35.0. The fourth-order valence-corrected chi connectivity index (χ4v) is 4.89. The number of para-hydroxylation sites is 1. The lowest BCUT2D eigenvalue weighted by Gasteiger charge is -2.33. The Bertz CT molecular complexity index is 1170. The van der Waals surface area contributed by atoms with Crippen molar-refractivity contribution in [3.8, 4) is 0 Å². The average molecular weight is 416 g/mol. The van der Waals surface area contributed by atoms with Crippen LogP contribution in [0.2, 0.25) is 0 Å². The average Bonchev–Trinajstić information content (AvgIpc) is 3.45. The Morgan fingerprint density at radius 1 is 1.19 bits per heavy atom. The number of amides is 2. The maximum absolute atomic E-state index is 13.6. The van der Waals surface area contributed by atoms with E-state index in [-0.39, 0.29) is 11.8 Å². The van der Waals surface area contributed by atoms with Gasteiger partial charge in [0, 0.05) is 51.3 Å². The molecule has 2 atom stereocenters. The highest BCUT2D eigenvalue weighted by Gasteiger charge is 2.59. The summed E-state index contributed by atoms with van der Waals surface area (Å²) in [6, 6.07) is 10.9. The molecule has 2 aliphatic rings. The number of carbonyl (C=O) groups excluding carboxylic acids is 2. The number of aryl methyl sites for hydroxylation is 1. The van der Waals surface area contributed by atoms with E-state index in [0.29, 0.717) is 18.5 Å². The minimum absolute atomic E-state index is 0.0704. The standard InChI is InChI=1S/C23H24N6O2/c1-27(2)19-9-8-15(12-24-19)21(30)29-11-10-23(20(29)16-13-25-28(3)14-16)17-6-4-5-7-18(17)26-22(23)31/h4-9,12-14,20H,10-11H2,1-3H3,(H,26,31)/t20-,23+/m0/s1. The molecule has 0 radical (unpaired) electrons. The number of aromatic nitrogens is 3. The fourth-order valence-electron chi connectivity index (χ4n) is 4.89. The van der Waals surface area contributed by atoms with Crippen LogP contribution in [0.3, 0.4) is 0 Å². The van der Waals surface area contributed by atoms with Gasteiger partial charge in [-0.1, -0.05) is 18.2 Å². The second kappa shape index (κ2) is 6.94. The summed E-state index contributed by atoms with van der Waals surface area (Å²) >= 11 is 0. The van der Waals surface area contributed by atoms with Crippen molar-refractivity contribution in [3.05, 3.63) is 71.7 Å². The zero-order valence-electron chi connectivity index (χ0n) is 17.7. The second-order valence-electron chi connectivity index (χ2n) is 8.37. The molecule has 1 N–H and O–H groups in total. The van der Waals surface area contributed by atoms with Gasteiger partial charge in [-0.15, -0.1) is 0 Å². The largest absolute Gasteiger partial charge is 0.363 e. The molecule has 0 unspecified atom stereocenters. The number of likely N-dealkylation sites (tertiary alicyclic amines) is 1. The summed E-state index contributed by atoms with van der Waals surface area (Å²) in [6.45, 7) is 0.468. The van der Waals surface area contributed by atoms with Crippen LogP contribution < -0.4 is 10.2 Å². The summed E-state index contributed by atoms with van der Waals surface area (Å²) < 4.78 is 1.70. The lowest BCUT2D eigenvalue weighted by molar-refractivity contribution is -0.121. The van der Waals surface area contributed by atoms with Crippen molar-refractivity contribution in [3.63, 3.8) is 0 Å². The van der Waals surface area contributed by atoms with Crippen LogP contribution in [0.5, 0.6) is 0 Å². The zero-order chi connectivity index (χ0) is 21.8. The van der Waals surface area contributed by atoms with Crippen LogP contribution in [0.4, 0.5) is 11.5 Å². The predicted molar refractivity (Wildman–Crippen MR) is 117 cm³/mol. The summed E-state index contributed by atoms with van der Waals surface area (Å²) in [7, 11) is 5.65. The van der Waals surface area contributed by atoms with Gasteiger partial charge in [0.15, 0.2) is 0 Å². The quantitative estimate of drug-likeness (QED) is 0.709. The highest BCUT2D eigenvalue weighted by Crippen LogP contribution is 2.54. The van der Waals surface area contributed by atoms with Crippen LogP contribution in [0.15, 0.2) is 55.0 Å². The topological polar surface area (TPSA) is 83.4 Å². The molecule has 2 aromatic heterocycles. The van der Waals surface area contributed by atoms with Gasteiger partial charge in [0.2, 0.25) is 5.91 Å². The van der Waals surface area contributed by atoms with Gasteiger partial charge in [-0.2, -0.15) is 5.10 Å². The van der Waals surface area contributed by atoms with Crippen LogP contribution in [0.1, 0.15) is 33.9 Å². The van der Waals surface area contributed by atoms with Crippen LogP contribution in [0.25, 0.3) is 0 Å². The molecule has 2 aliphatic heterocycles. The molecule has 158 valence electrons. The van der Waals surface area contributed by atoms with Crippen molar-refractivity contribution in [1.82, 2.24) is 19.7 Å². The first kappa shape index (κ1) is 19.3. The Kier molecular flexibility index (Phi) is 4.32. The molecule has 3 aromatic rings. The van der Waals surface area contributed by atoms with Gasteiger partial charge in [0.1, 0.15) is 11.2 Å². The van der Waals surface area contributed by atoms with Crippen molar-refractivity contribution in [2.75, 3.05) is 30.9 Å². The molecule has 0 saturated carbocycles. The number of hydrogen-bond acceptors (Lipinski definition) is 5. The predicted octanol–water partition coefficient (Wildman–Crippen LogP) is 2.36. The van der Waals surface area contributed by atoms with E-state index in [1.165, 1.54) is 0 Å². The minimum atomic E-state index is -0.841. The molecule has 8 heteroatoms. The molecule has 0 aliphatic carbocycles. The van der Waals surface area contributed by atoms with Gasteiger partial charge < -0.3 is 15.1 Å². The van der Waals surface area contributed by atoms with E-state index in [0.717, 1.165) is 22.6 Å². The zero-order valence-corrected chi connectivity index (χ0v) is 17.7. The SMILES string of the molecule is CN(C)c1ccc(C(=O)N2CC[C@]3(C(=O)Nc4ccccc43)[C@@H]2c2cnn(C)c2)cn1. The molecule has 1 saturated heterocycles. The van der Waals surface area contributed by atoms with Gasteiger partial charge in [-0.25, -0.2) is 4.98 Å². The molecule has 2 amide bonds. The number of nitrogens with zero attached hydrogens (tertiary/aromatic N) is 5. The van der Waals surface area contributed by atoms with Gasteiger partial charge >= 0.3 is 0 Å². The van der Waals surface area contributed by atoms with Gasteiger partial charge in [-0.05, 0) is 30.2 Å². The Morgan fingerprint density at radius 3 is 2.68 bits per heavy atom. The summed E-state index contributed by atoms with van der Waals surface area (Å²) in [5, 5.41) is 7.36. The summed E-state index contributed by atoms with van der Waals surface area (Å²) in [5.74, 6) is 0.571. The van der Waals surface area contributed by atoms with Crippen LogP contribution >= 0.6 is 0 Å². The fraction of sp³-hybridized carbons (Fsp3) is 0.304. The number of fused-ring (bicyclic) bond motifs is 2. The van der Waals surface area contributed by atoms with E-state index in [1.807, 2.05) is 62.6 Å². The summed E-state index contributed by atoms with van der Waals surface area (Å²) in [6.07, 6.45) is 5.79. The third-order valence-electron chi connectivity index (χ3n) is 6.34. The molecular weight excluding hydrogens is 392 g/mol. The Morgan fingerprint density at radius 2 is 2.00 bits per heavy atom. The van der Waals surface area contributed by atoms with Crippen LogP contribution in [-0.2, 0) is 17.3 Å². The first-order valence-corrected chi connectivity index (χ1v) is 10.3. The third kappa shape index (κ3) is 2.82. The van der Waals surface area contributed by atoms with Crippen molar-refractivity contribution in [1.29, 1.82) is 0 Å². The Hall–Kier alpha value is -3.68. The van der Waals surface area contributed by atoms with Crippen molar-refractivity contribution < 1.29 is 9.59 Å². The lowest BCUT2D eigenvalue weighted by Crippen LogP contribution is -2.42. The molecule has 1 fully saturated rings. The highest BCUT2D eigenvalue weighted by atomic mass is 16.2. The molecule has 1 aromatic carbocycles. The number of benzene rings is 1. The third-order valence-corrected chi connectivity index (χ3v) is 6.34. The van der Waals surface area contributed by atoms with Crippen LogP contribution in [0, 0.1) is 0 Å². The number of anilines is 2. The first-order valence-electron chi connectivity index (χ1n) is 10.3. The lowest BCUT2D eigenvalue weighted by atomic mass is 9.73. The molecule has 8 nitrogen and oxygen atoms in total. The number of rotatable bonds is 3. The Balaban J connectivity index is 1.60. The van der Waals surface area contributed by atoms with E-state index >= 15 is 0 Å². The number of hydrogen-bond donors (Lipinski definition) is 1. The van der Waals surface area contributed by atoms with Crippen molar-refractivity contribution >= 4 is 23.3 Å². The van der Waals surface area contributed by atoms with Gasteiger partial charge in [0.05, 0.1) is 17.8 Å². The maximum Gasteiger partial charge on any atom is 0.255 e. The smallest absolute Gasteiger partial charge is 0.255 e. The van der Waals surface area contributed by atoms with Gasteiger partial charge in [0.25, 0.3) is 5.91 Å². The van der Waals surface area contributed by atoms with E-state index < -0.39 is 11.5 Å². The number of pyridine rings is 1. The number of nitrogens with one attached hydrogen (secondary N) is 1. The van der Waals surface area contributed by atoms with E-state index in [4.69, 9.17) is 0 Å². The monoisotopic (exact) mass is 416 g/mol. The van der Waals surface area contributed by atoms with E-state index in [1.54, 1.807) is 28.0 Å². The molecule has 31 heavy (non-hydrogen) atoms.